The van der Waals surface area contributed by atoms with Crippen LogP contribution >= 0.6 is 0 Å². The lowest BCUT2D eigenvalue weighted by Crippen LogP contribution is -2.34. The topological polar surface area (TPSA) is 120 Å². The zero-order valence-electron chi connectivity index (χ0n) is 10.5. The monoisotopic (exact) mass is 276 g/mol. The van der Waals surface area contributed by atoms with E-state index in [4.69, 9.17) is 15.0 Å². The zero-order chi connectivity index (χ0) is 14.3. The molecule has 1 aromatic carbocycles. The van der Waals surface area contributed by atoms with Crippen molar-refractivity contribution in [3.8, 4) is 5.75 Å². The van der Waals surface area contributed by atoms with Crippen LogP contribution in [0.2, 0.25) is 0 Å². The van der Waals surface area contributed by atoms with Gasteiger partial charge in [0.25, 0.3) is 5.91 Å². The van der Waals surface area contributed by atoms with Crippen LogP contribution in [0, 0.1) is 0 Å². The summed E-state index contributed by atoms with van der Waals surface area (Å²) in [6.07, 6.45) is 2.86. The van der Waals surface area contributed by atoms with Gasteiger partial charge in [0.05, 0.1) is 7.11 Å². The maximum absolute atomic E-state index is 10.2. The van der Waals surface area contributed by atoms with Crippen molar-refractivity contribution in [1.29, 1.82) is 0 Å². The summed E-state index contributed by atoms with van der Waals surface area (Å²) in [5.74, 6) is -1.84. The number of aromatic nitrogens is 3. The van der Waals surface area contributed by atoms with E-state index in [1.54, 1.807) is 6.07 Å². The normalized spacial score (nSPS) is 11.9. The van der Waals surface area contributed by atoms with Gasteiger partial charge in [0.15, 0.2) is 11.4 Å². The first kappa shape index (κ1) is 12.5. The SMILES string of the molecule is COc1cc(C(O)(O)n2cccn2)cc2onc(N)c12. The lowest BCUT2D eigenvalue weighted by atomic mass is 10.1. The predicted molar refractivity (Wildman–Crippen MR) is 68.7 cm³/mol. The van der Waals surface area contributed by atoms with Crippen LogP contribution in [0.5, 0.6) is 5.75 Å². The smallest absolute Gasteiger partial charge is 0.294 e. The Morgan fingerprint density at radius 1 is 1.40 bits per heavy atom. The highest BCUT2D eigenvalue weighted by Crippen LogP contribution is 2.35. The van der Waals surface area contributed by atoms with Crippen molar-refractivity contribution in [1.82, 2.24) is 14.9 Å². The highest BCUT2D eigenvalue weighted by molar-refractivity contribution is 5.93. The molecule has 0 radical (unpaired) electrons. The van der Waals surface area contributed by atoms with E-state index < -0.39 is 5.91 Å². The zero-order valence-corrected chi connectivity index (χ0v) is 10.5. The molecular weight excluding hydrogens is 264 g/mol. The second-order valence-corrected chi connectivity index (χ2v) is 4.21. The maximum atomic E-state index is 10.2. The molecule has 0 fully saturated rings. The molecular formula is C12H12N4O4. The molecule has 3 rings (SSSR count). The summed E-state index contributed by atoms with van der Waals surface area (Å²) >= 11 is 0. The molecule has 0 aliphatic carbocycles. The van der Waals surface area contributed by atoms with E-state index in [0.29, 0.717) is 11.1 Å². The molecule has 0 aliphatic rings. The minimum Gasteiger partial charge on any atom is -0.496 e. The van der Waals surface area contributed by atoms with Crippen LogP contribution in [0.25, 0.3) is 11.0 Å². The molecule has 0 atom stereocenters. The Kier molecular flexibility index (Phi) is 2.63. The van der Waals surface area contributed by atoms with Crippen molar-refractivity contribution in [2.75, 3.05) is 12.8 Å². The summed E-state index contributed by atoms with van der Waals surface area (Å²) in [6.45, 7) is 0. The number of ether oxygens (including phenoxy) is 1. The third-order valence-corrected chi connectivity index (χ3v) is 3.00. The number of anilines is 1. The van der Waals surface area contributed by atoms with Gasteiger partial charge in [-0.2, -0.15) is 5.10 Å². The minimum atomic E-state index is -2.34. The first-order valence-electron chi connectivity index (χ1n) is 5.72. The number of nitrogens with two attached hydrogens (primary N) is 1. The van der Waals surface area contributed by atoms with Gasteiger partial charge in [-0.05, 0) is 18.2 Å². The van der Waals surface area contributed by atoms with E-state index in [2.05, 4.69) is 10.3 Å². The number of methoxy groups -OCH3 is 1. The molecule has 2 heterocycles. The largest absolute Gasteiger partial charge is 0.496 e. The number of rotatable bonds is 3. The first-order chi connectivity index (χ1) is 9.54. The molecule has 0 saturated heterocycles. The lowest BCUT2D eigenvalue weighted by Gasteiger charge is -2.22. The molecule has 0 spiro atoms. The van der Waals surface area contributed by atoms with Crippen molar-refractivity contribution >= 4 is 16.8 Å². The fraction of sp³-hybridized carbons (Fsp3) is 0.167. The van der Waals surface area contributed by atoms with E-state index >= 15 is 0 Å². The molecule has 0 bridgehead atoms. The van der Waals surface area contributed by atoms with Gasteiger partial charge in [0.1, 0.15) is 11.1 Å². The third-order valence-electron chi connectivity index (χ3n) is 3.00. The second kappa shape index (κ2) is 4.22. The highest BCUT2D eigenvalue weighted by Gasteiger charge is 2.31. The van der Waals surface area contributed by atoms with Crippen LogP contribution < -0.4 is 10.5 Å². The molecule has 3 aromatic rings. The molecule has 0 amide bonds. The van der Waals surface area contributed by atoms with Crippen LogP contribution in [0.1, 0.15) is 5.56 Å². The van der Waals surface area contributed by atoms with Gasteiger partial charge in [-0.1, -0.05) is 5.16 Å². The molecule has 0 saturated carbocycles. The number of fused-ring (bicyclic) bond motifs is 1. The first-order valence-corrected chi connectivity index (χ1v) is 5.72. The van der Waals surface area contributed by atoms with E-state index in [1.807, 2.05) is 0 Å². The van der Waals surface area contributed by atoms with E-state index in [0.717, 1.165) is 4.68 Å². The van der Waals surface area contributed by atoms with Crippen molar-refractivity contribution in [2.24, 2.45) is 0 Å². The Morgan fingerprint density at radius 2 is 2.20 bits per heavy atom. The molecule has 8 heteroatoms. The predicted octanol–water partition coefficient (Wildman–Crippen LogP) is 0.258. The van der Waals surface area contributed by atoms with Gasteiger partial charge in [0.2, 0.25) is 0 Å². The Morgan fingerprint density at radius 3 is 2.85 bits per heavy atom. The molecule has 0 unspecified atom stereocenters. The standard InChI is InChI=1S/C12H12N4O4/c1-19-8-5-7(6-9-10(8)11(13)15-20-9)12(17,18)16-4-2-3-14-16/h2-6,17-18H,1H3,(H2,13,15). The Bertz CT molecular complexity index is 748. The number of hydrogen-bond acceptors (Lipinski definition) is 7. The number of nitrogen functional groups attached to an aromatic ring is 1. The van der Waals surface area contributed by atoms with E-state index in [9.17, 15) is 10.2 Å². The van der Waals surface area contributed by atoms with Gasteiger partial charge in [-0.15, -0.1) is 0 Å². The van der Waals surface area contributed by atoms with Crippen molar-refractivity contribution in [3.63, 3.8) is 0 Å². The Hall–Kier alpha value is -2.58. The van der Waals surface area contributed by atoms with Gasteiger partial charge < -0.3 is 25.2 Å². The molecule has 2 aromatic heterocycles. The molecule has 104 valence electrons. The van der Waals surface area contributed by atoms with E-state index in [1.165, 1.54) is 31.6 Å². The number of aliphatic hydroxyl groups is 2. The number of benzene rings is 1. The summed E-state index contributed by atoms with van der Waals surface area (Å²) in [7, 11) is 1.44. The minimum absolute atomic E-state index is 0.113. The van der Waals surface area contributed by atoms with Crippen LogP contribution in [0.3, 0.4) is 0 Å². The van der Waals surface area contributed by atoms with Crippen LogP contribution in [0.15, 0.2) is 35.1 Å². The fourth-order valence-corrected chi connectivity index (χ4v) is 2.00. The van der Waals surface area contributed by atoms with Crippen molar-refractivity contribution in [3.05, 3.63) is 36.2 Å². The van der Waals surface area contributed by atoms with Crippen molar-refractivity contribution in [2.45, 2.75) is 5.91 Å². The fourth-order valence-electron chi connectivity index (χ4n) is 2.00. The van der Waals surface area contributed by atoms with E-state index in [-0.39, 0.29) is 17.0 Å². The summed E-state index contributed by atoms with van der Waals surface area (Å²) in [4.78, 5) is 0. The summed E-state index contributed by atoms with van der Waals surface area (Å²) in [5.41, 5.74) is 6.08. The third kappa shape index (κ3) is 1.70. The van der Waals surface area contributed by atoms with Crippen LogP contribution in [-0.2, 0) is 5.91 Å². The second-order valence-electron chi connectivity index (χ2n) is 4.21. The maximum Gasteiger partial charge on any atom is 0.294 e. The van der Waals surface area contributed by atoms with Gasteiger partial charge in [-0.25, -0.2) is 4.68 Å². The quantitative estimate of drug-likeness (QED) is 0.587. The van der Waals surface area contributed by atoms with Crippen molar-refractivity contribution < 1.29 is 19.5 Å². The van der Waals surface area contributed by atoms with Gasteiger partial charge >= 0.3 is 0 Å². The number of hydrogen-bond donors (Lipinski definition) is 3. The molecule has 4 N–H and O–H groups in total. The highest BCUT2D eigenvalue weighted by atomic mass is 16.5. The average Bonchev–Trinajstić information content (AvgIpc) is 3.08. The molecule has 8 nitrogen and oxygen atoms in total. The Labute approximate surface area is 113 Å². The van der Waals surface area contributed by atoms with Crippen LogP contribution in [-0.4, -0.2) is 32.3 Å². The average molecular weight is 276 g/mol. The van der Waals surface area contributed by atoms with Crippen LogP contribution in [0.4, 0.5) is 5.82 Å². The molecule has 20 heavy (non-hydrogen) atoms. The summed E-state index contributed by atoms with van der Waals surface area (Å²) in [5, 5.41) is 28.4. The van der Waals surface area contributed by atoms with Gasteiger partial charge in [0, 0.05) is 18.0 Å². The van der Waals surface area contributed by atoms with Gasteiger partial charge in [-0.3, -0.25) is 0 Å². The number of nitrogens with zero attached hydrogens (tertiary/aromatic N) is 3. The lowest BCUT2D eigenvalue weighted by molar-refractivity contribution is -0.200. The summed E-state index contributed by atoms with van der Waals surface area (Å²) < 4.78 is 11.2. The summed E-state index contributed by atoms with van der Waals surface area (Å²) in [6, 6.07) is 4.43. The molecule has 0 aliphatic heterocycles. The Balaban J connectivity index is 2.22.